The van der Waals surface area contributed by atoms with Gasteiger partial charge in [0.2, 0.25) is 17.7 Å². The van der Waals surface area contributed by atoms with Crippen molar-refractivity contribution in [1.29, 1.82) is 0 Å². The maximum Gasteiger partial charge on any atom is 0.247 e. The first kappa shape index (κ1) is 25.3. The van der Waals surface area contributed by atoms with Crippen molar-refractivity contribution >= 4 is 52.1 Å². The van der Waals surface area contributed by atoms with E-state index in [1.165, 1.54) is 4.90 Å². The number of carbonyl (C=O) groups is 6. The molecule has 3 saturated heterocycles. The number of Topliss-reactive ketones (excluding diaryl/α,β-unsaturated/α-hetero) is 3. The average molecular weight is 537 g/mol. The number of rotatable bonds is 6. The zero-order valence-electron chi connectivity index (χ0n) is 21.2. The van der Waals surface area contributed by atoms with E-state index in [0.29, 0.717) is 17.1 Å². The molecule has 4 fully saturated rings. The second kappa shape index (κ2) is 9.06. The van der Waals surface area contributed by atoms with E-state index in [0.717, 1.165) is 0 Å². The van der Waals surface area contributed by atoms with Gasteiger partial charge in [-0.25, -0.2) is 0 Å². The molecular formula is C30H24N4O6. The van der Waals surface area contributed by atoms with Crippen LogP contribution in [-0.2, 0) is 28.8 Å². The Kier molecular flexibility index (Phi) is 5.74. The van der Waals surface area contributed by atoms with Crippen LogP contribution >= 0.6 is 0 Å². The van der Waals surface area contributed by atoms with Gasteiger partial charge >= 0.3 is 0 Å². The Labute approximate surface area is 228 Å². The Morgan fingerprint density at radius 1 is 0.475 bits per heavy atom. The van der Waals surface area contributed by atoms with Crippen LogP contribution in [-0.4, -0.2) is 59.6 Å². The predicted octanol–water partition coefficient (Wildman–Crippen LogP) is 1.91. The molecule has 3 heterocycles. The van der Waals surface area contributed by atoms with Gasteiger partial charge in [-0.15, -0.1) is 0 Å². The Bertz CT molecular complexity index is 1360. The topological polar surface area (TPSA) is 142 Å². The van der Waals surface area contributed by atoms with E-state index in [1.54, 1.807) is 91.0 Å². The Morgan fingerprint density at radius 2 is 0.725 bits per heavy atom. The van der Waals surface area contributed by atoms with Crippen molar-refractivity contribution < 1.29 is 28.8 Å². The Hall–Kier alpha value is -4.96. The monoisotopic (exact) mass is 536 g/mol. The molecule has 3 aromatic carbocycles. The molecular weight excluding hydrogens is 512 g/mol. The fourth-order valence-electron chi connectivity index (χ4n) is 6.12. The number of carbonyl (C=O) groups excluding carboxylic acids is 6. The standard InChI is InChI=1S/C30H24N4O6/c35-22-28(25(38)31-19-10-4-1-5-11-19)16-34-17-29(22,26(39)32-20-12-6-2-7-13-20)24(37)30(18-34,23(28)36)27(40)33-21-14-8-3-9-15-21/h1-15H,16-18H2,(H,31,38)(H,32,39)(H,33,40). The summed E-state index contributed by atoms with van der Waals surface area (Å²) in [6, 6.07) is 24.6. The number of ketones is 3. The molecule has 200 valence electrons. The first-order valence-electron chi connectivity index (χ1n) is 12.7. The van der Waals surface area contributed by atoms with Gasteiger partial charge in [-0.2, -0.15) is 0 Å². The Morgan fingerprint density at radius 3 is 0.975 bits per heavy atom. The van der Waals surface area contributed by atoms with Crippen molar-refractivity contribution in [2.24, 2.45) is 16.2 Å². The molecule has 3 N–H and O–H groups in total. The first-order chi connectivity index (χ1) is 19.2. The van der Waals surface area contributed by atoms with Crippen molar-refractivity contribution in [3.63, 3.8) is 0 Å². The van der Waals surface area contributed by atoms with Crippen molar-refractivity contribution in [2.75, 3.05) is 35.6 Å². The van der Waals surface area contributed by atoms with Gasteiger partial charge in [-0.05, 0) is 36.4 Å². The van der Waals surface area contributed by atoms with E-state index in [2.05, 4.69) is 16.0 Å². The van der Waals surface area contributed by atoms with Crippen LogP contribution in [0, 0.1) is 16.2 Å². The minimum absolute atomic E-state index is 0.316. The lowest BCUT2D eigenvalue weighted by Crippen LogP contribution is -2.86. The third kappa shape index (κ3) is 3.39. The van der Waals surface area contributed by atoms with Crippen LogP contribution in [0.15, 0.2) is 91.0 Å². The summed E-state index contributed by atoms with van der Waals surface area (Å²) >= 11 is 0. The zero-order chi connectivity index (χ0) is 28.1. The van der Waals surface area contributed by atoms with Crippen molar-refractivity contribution in [3.8, 4) is 0 Å². The SMILES string of the molecule is O=C(Nc1ccccc1)C12CN3CC(C(=O)Nc4ccccc4)(C1=O)C(=O)C(C(=O)Nc1ccccc1)(C3)C2=O. The minimum Gasteiger partial charge on any atom is -0.325 e. The smallest absolute Gasteiger partial charge is 0.247 e. The molecule has 4 bridgehead atoms. The van der Waals surface area contributed by atoms with Crippen LogP contribution in [0.25, 0.3) is 0 Å². The normalized spacial score (nSPS) is 28.2. The molecule has 0 aromatic heterocycles. The van der Waals surface area contributed by atoms with Crippen LogP contribution in [0.1, 0.15) is 0 Å². The second-order valence-electron chi connectivity index (χ2n) is 10.3. The number of anilines is 3. The van der Waals surface area contributed by atoms with Crippen LogP contribution in [0.3, 0.4) is 0 Å². The largest absolute Gasteiger partial charge is 0.325 e. The number of benzene rings is 3. The molecule has 10 nitrogen and oxygen atoms in total. The van der Waals surface area contributed by atoms with Crippen LogP contribution in [0.2, 0.25) is 0 Å². The van der Waals surface area contributed by atoms with Crippen LogP contribution < -0.4 is 16.0 Å². The van der Waals surface area contributed by atoms with Crippen molar-refractivity contribution in [1.82, 2.24) is 4.90 Å². The zero-order valence-corrected chi connectivity index (χ0v) is 21.2. The quantitative estimate of drug-likeness (QED) is 0.409. The molecule has 1 saturated carbocycles. The van der Waals surface area contributed by atoms with Gasteiger partial charge in [0, 0.05) is 36.7 Å². The summed E-state index contributed by atoms with van der Waals surface area (Å²) in [6.45, 7) is -1.05. The van der Waals surface area contributed by atoms with Gasteiger partial charge in [-0.3, -0.25) is 33.7 Å². The lowest BCUT2D eigenvalue weighted by molar-refractivity contribution is -0.192. The second-order valence-corrected chi connectivity index (χ2v) is 10.3. The maximum absolute atomic E-state index is 14.3. The average Bonchev–Trinajstić information content (AvgIpc) is 2.97. The molecule has 0 spiro atoms. The predicted molar refractivity (Wildman–Crippen MR) is 144 cm³/mol. The highest BCUT2D eigenvalue weighted by molar-refractivity contribution is 6.51. The number of nitrogens with zero attached hydrogens (tertiary/aromatic N) is 1. The molecule has 0 unspecified atom stereocenters. The first-order valence-corrected chi connectivity index (χ1v) is 12.7. The molecule has 10 heteroatoms. The van der Waals surface area contributed by atoms with E-state index in [1.807, 2.05) is 0 Å². The van der Waals surface area contributed by atoms with Crippen LogP contribution in [0.5, 0.6) is 0 Å². The summed E-state index contributed by atoms with van der Waals surface area (Å²) in [6.07, 6.45) is 0. The summed E-state index contributed by atoms with van der Waals surface area (Å²) < 4.78 is 0. The molecule has 1 aliphatic carbocycles. The van der Waals surface area contributed by atoms with Crippen LogP contribution in [0.4, 0.5) is 17.1 Å². The summed E-state index contributed by atoms with van der Waals surface area (Å²) in [5, 5.41) is 7.81. The minimum atomic E-state index is -2.46. The molecule has 3 aliphatic heterocycles. The highest BCUT2D eigenvalue weighted by Crippen LogP contribution is 2.56. The van der Waals surface area contributed by atoms with Crippen molar-refractivity contribution in [3.05, 3.63) is 91.0 Å². The van der Waals surface area contributed by atoms with E-state index in [-0.39, 0.29) is 19.6 Å². The van der Waals surface area contributed by atoms with Gasteiger partial charge < -0.3 is 16.0 Å². The molecule has 7 rings (SSSR count). The third-order valence-corrected chi connectivity index (χ3v) is 7.97. The number of para-hydroxylation sites is 3. The molecule has 4 aliphatic rings. The van der Waals surface area contributed by atoms with Crippen molar-refractivity contribution in [2.45, 2.75) is 0 Å². The van der Waals surface area contributed by atoms with E-state index in [4.69, 9.17) is 0 Å². The summed E-state index contributed by atoms with van der Waals surface area (Å²) in [7, 11) is 0. The lowest BCUT2D eigenvalue weighted by atomic mass is 9.44. The fourth-order valence-corrected chi connectivity index (χ4v) is 6.12. The maximum atomic E-state index is 14.3. The number of piperidine rings is 3. The van der Waals surface area contributed by atoms with Gasteiger partial charge in [-0.1, -0.05) is 54.6 Å². The van der Waals surface area contributed by atoms with E-state index >= 15 is 0 Å². The number of nitrogens with one attached hydrogen (secondary N) is 3. The summed E-state index contributed by atoms with van der Waals surface area (Å²) in [5.41, 5.74) is -6.42. The molecule has 0 radical (unpaired) electrons. The third-order valence-electron chi connectivity index (χ3n) is 7.97. The van der Waals surface area contributed by atoms with E-state index in [9.17, 15) is 28.8 Å². The summed E-state index contributed by atoms with van der Waals surface area (Å²) in [5.74, 6) is -6.30. The summed E-state index contributed by atoms with van der Waals surface area (Å²) in [4.78, 5) is 86.1. The number of hydrogen-bond donors (Lipinski definition) is 3. The fraction of sp³-hybridized carbons (Fsp3) is 0.200. The van der Waals surface area contributed by atoms with E-state index < -0.39 is 51.3 Å². The molecule has 0 atom stereocenters. The lowest BCUT2D eigenvalue weighted by Gasteiger charge is -2.60. The van der Waals surface area contributed by atoms with Gasteiger partial charge in [0.15, 0.2) is 33.6 Å². The molecule has 3 aromatic rings. The number of amides is 3. The highest BCUT2D eigenvalue weighted by Gasteiger charge is 2.84. The van der Waals surface area contributed by atoms with Gasteiger partial charge in [0.05, 0.1) is 0 Å². The highest BCUT2D eigenvalue weighted by atomic mass is 16.2. The van der Waals surface area contributed by atoms with Gasteiger partial charge in [0.1, 0.15) is 0 Å². The van der Waals surface area contributed by atoms with Gasteiger partial charge in [0.25, 0.3) is 0 Å². The molecule has 3 amide bonds. The number of hydrogen-bond acceptors (Lipinski definition) is 7. The molecule has 40 heavy (non-hydrogen) atoms. The Balaban J connectivity index is 1.49.